The molecule has 1 heterocycles. The quantitative estimate of drug-likeness (QED) is 0.489. The van der Waals surface area contributed by atoms with Crippen molar-refractivity contribution in [3.8, 4) is 0 Å². The molecule has 2 nitrogen and oxygen atoms in total. The summed E-state index contributed by atoms with van der Waals surface area (Å²) in [4.78, 5) is 0. The number of benzene rings is 3. The zero-order valence-corrected chi connectivity index (χ0v) is 13.7. The van der Waals surface area contributed by atoms with Gasteiger partial charge in [-0.05, 0) is 28.8 Å². The number of fused-ring (bicyclic) bond motifs is 1. The summed E-state index contributed by atoms with van der Waals surface area (Å²) < 4.78 is 5.76. The number of aliphatic hydroxyl groups is 1. The fourth-order valence-corrected chi connectivity index (χ4v) is 2.85. The molecule has 4 rings (SSSR count). The lowest BCUT2D eigenvalue weighted by Crippen LogP contribution is -1.97. The van der Waals surface area contributed by atoms with Crippen LogP contribution in [0.3, 0.4) is 0 Å². The van der Waals surface area contributed by atoms with Crippen molar-refractivity contribution in [2.24, 2.45) is 0 Å². The summed E-state index contributed by atoms with van der Waals surface area (Å²) in [5, 5.41) is 11.6. The van der Waals surface area contributed by atoms with Crippen molar-refractivity contribution in [1.82, 2.24) is 0 Å². The Hall–Kier alpha value is -3.10. The molecule has 0 saturated heterocycles. The van der Waals surface area contributed by atoms with Crippen LogP contribution in [-0.4, -0.2) is 5.11 Å². The van der Waals surface area contributed by atoms with Crippen LogP contribution in [0.2, 0.25) is 0 Å². The predicted molar refractivity (Wildman–Crippen MR) is 102 cm³/mol. The summed E-state index contributed by atoms with van der Waals surface area (Å²) in [7, 11) is 0. The van der Waals surface area contributed by atoms with Crippen LogP contribution in [0.15, 0.2) is 89.3 Å². The Kier molecular flexibility index (Phi) is 4.19. The molecule has 0 amide bonds. The minimum atomic E-state index is -0.764. The summed E-state index contributed by atoms with van der Waals surface area (Å²) in [6, 6.07) is 27.7. The second-order valence-electron chi connectivity index (χ2n) is 6.00. The molecule has 0 aliphatic carbocycles. The van der Waals surface area contributed by atoms with Crippen LogP contribution in [-0.2, 0) is 0 Å². The van der Waals surface area contributed by atoms with Crippen molar-refractivity contribution in [3.63, 3.8) is 0 Å². The minimum absolute atomic E-state index is 0.564. The van der Waals surface area contributed by atoms with E-state index in [9.17, 15) is 5.11 Å². The van der Waals surface area contributed by atoms with Crippen LogP contribution in [0.5, 0.6) is 0 Å². The number of para-hydroxylation sites is 1. The van der Waals surface area contributed by atoms with Gasteiger partial charge in [-0.1, -0.05) is 84.9 Å². The SMILES string of the molecule is OC(c1ccc(C=Cc2ccccc2)cc1)c1cc2ccccc2o1. The van der Waals surface area contributed by atoms with E-state index in [2.05, 4.69) is 24.3 Å². The Morgan fingerprint density at radius 1 is 0.720 bits per heavy atom. The van der Waals surface area contributed by atoms with Gasteiger partial charge in [-0.3, -0.25) is 0 Å². The minimum Gasteiger partial charge on any atom is -0.458 e. The largest absolute Gasteiger partial charge is 0.458 e. The molecule has 1 N–H and O–H groups in total. The smallest absolute Gasteiger partial charge is 0.138 e. The lowest BCUT2D eigenvalue weighted by Gasteiger charge is -2.08. The third kappa shape index (κ3) is 3.39. The van der Waals surface area contributed by atoms with Gasteiger partial charge in [0.1, 0.15) is 17.4 Å². The van der Waals surface area contributed by atoms with Gasteiger partial charge < -0.3 is 9.52 Å². The molecule has 1 atom stereocenters. The Labute approximate surface area is 146 Å². The highest BCUT2D eigenvalue weighted by Crippen LogP contribution is 2.28. The first-order valence-corrected chi connectivity index (χ1v) is 8.29. The first-order valence-electron chi connectivity index (χ1n) is 8.29. The second kappa shape index (κ2) is 6.80. The molecule has 0 radical (unpaired) electrons. The van der Waals surface area contributed by atoms with Gasteiger partial charge in [-0.2, -0.15) is 0 Å². The van der Waals surface area contributed by atoms with Gasteiger partial charge in [-0.15, -0.1) is 0 Å². The topological polar surface area (TPSA) is 33.4 Å². The van der Waals surface area contributed by atoms with Gasteiger partial charge in [0.15, 0.2) is 0 Å². The lowest BCUT2D eigenvalue weighted by atomic mass is 10.0. The fourth-order valence-electron chi connectivity index (χ4n) is 2.85. The van der Waals surface area contributed by atoms with E-state index in [1.807, 2.05) is 72.8 Å². The molecule has 25 heavy (non-hydrogen) atoms. The van der Waals surface area contributed by atoms with E-state index in [-0.39, 0.29) is 0 Å². The Morgan fingerprint density at radius 3 is 2.08 bits per heavy atom. The van der Waals surface area contributed by atoms with Gasteiger partial charge >= 0.3 is 0 Å². The summed E-state index contributed by atoms with van der Waals surface area (Å²) in [6.45, 7) is 0. The zero-order valence-electron chi connectivity index (χ0n) is 13.7. The molecule has 0 spiro atoms. The van der Waals surface area contributed by atoms with Crippen LogP contribution in [0, 0.1) is 0 Å². The van der Waals surface area contributed by atoms with Crippen molar-refractivity contribution < 1.29 is 9.52 Å². The molecule has 1 aromatic heterocycles. The van der Waals surface area contributed by atoms with Gasteiger partial charge in [0.2, 0.25) is 0 Å². The predicted octanol–water partition coefficient (Wildman–Crippen LogP) is 5.68. The molecule has 0 aliphatic heterocycles. The fraction of sp³-hybridized carbons (Fsp3) is 0.0435. The van der Waals surface area contributed by atoms with Crippen LogP contribution >= 0.6 is 0 Å². The Balaban J connectivity index is 1.54. The van der Waals surface area contributed by atoms with E-state index in [0.717, 1.165) is 27.7 Å². The van der Waals surface area contributed by atoms with E-state index in [0.29, 0.717) is 5.76 Å². The van der Waals surface area contributed by atoms with Gasteiger partial charge in [0.25, 0.3) is 0 Å². The number of hydrogen-bond donors (Lipinski definition) is 1. The zero-order chi connectivity index (χ0) is 17.1. The maximum Gasteiger partial charge on any atom is 0.138 e. The van der Waals surface area contributed by atoms with Crippen molar-refractivity contribution in [2.45, 2.75) is 6.10 Å². The number of aliphatic hydroxyl groups excluding tert-OH is 1. The Bertz CT molecular complexity index is 962. The third-order valence-electron chi connectivity index (χ3n) is 4.23. The van der Waals surface area contributed by atoms with E-state index < -0.39 is 6.10 Å². The third-order valence-corrected chi connectivity index (χ3v) is 4.23. The van der Waals surface area contributed by atoms with E-state index >= 15 is 0 Å². The summed E-state index contributed by atoms with van der Waals surface area (Å²) in [5.74, 6) is 0.564. The molecule has 0 saturated carbocycles. The first-order chi connectivity index (χ1) is 12.3. The highest BCUT2D eigenvalue weighted by molar-refractivity contribution is 5.78. The van der Waals surface area contributed by atoms with Crippen molar-refractivity contribution in [1.29, 1.82) is 0 Å². The molecular weight excluding hydrogens is 308 g/mol. The molecule has 2 heteroatoms. The van der Waals surface area contributed by atoms with Crippen molar-refractivity contribution >= 4 is 23.1 Å². The van der Waals surface area contributed by atoms with E-state index in [4.69, 9.17) is 4.42 Å². The van der Waals surface area contributed by atoms with E-state index in [1.54, 1.807) is 0 Å². The standard InChI is InChI=1S/C23H18O2/c24-23(22-16-20-8-4-5-9-21(20)25-22)19-14-12-18(13-15-19)11-10-17-6-2-1-3-7-17/h1-16,23-24H. The van der Waals surface area contributed by atoms with Crippen LogP contribution in [0.4, 0.5) is 0 Å². The molecule has 0 fully saturated rings. The normalized spacial score (nSPS) is 12.7. The van der Waals surface area contributed by atoms with Crippen molar-refractivity contribution in [3.05, 3.63) is 107 Å². The molecule has 4 aromatic rings. The highest BCUT2D eigenvalue weighted by atomic mass is 16.4. The average molecular weight is 326 g/mol. The number of furan rings is 1. The molecule has 122 valence electrons. The highest BCUT2D eigenvalue weighted by Gasteiger charge is 2.15. The molecule has 3 aromatic carbocycles. The summed E-state index contributed by atoms with van der Waals surface area (Å²) in [5.41, 5.74) is 3.85. The average Bonchev–Trinajstić information content (AvgIpc) is 3.11. The van der Waals surface area contributed by atoms with Crippen molar-refractivity contribution in [2.75, 3.05) is 0 Å². The monoisotopic (exact) mass is 326 g/mol. The number of hydrogen-bond acceptors (Lipinski definition) is 2. The van der Waals surface area contributed by atoms with Gasteiger partial charge in [0.05, 0.1) is 0 Å². The van der Waals surface area contributed by atoms with E-state index in [1.165, 1.54) is 0 Å². The lowest BCUT2D eigenvalue weighted by molar-refractivity contribution is 0.192. The molecule has 0 aliphatic rings. The maximum atomic E-state index is 10.6. The molecule has 0 bridgehead atoms. The van der Waals surface area contributed by atoms with Crippen LogP contribution < -0.4 is 0 Å². The van der Waals surface area contributed by atoms with Crippen LogP contribution in [0.1, 0.15) is 28.6 Å². The van der Waals surface area contributed by atoms with Gasteiger partial charge in [-0.25, -0.2) is 0 Å². The van der Waals surface area contributed by atoms with Gasteiger partial charge in [0, 0.05) is 5.39 Å². The summed E-state index contributed by atoms with van der Waals surface area (Å²) >= 11 is 0. The second-order valence-corrected chi connectivity index (χ2v) is 6.00. The molecular formula is C23H18O2. The number of rotatable bonds is 4. The summed E-state index contributed by atoms with van der Waals surface area (Å²) in [6.07, 6.45) is 3.37. The van der Waals surface area contributed by atoms with Crippen LogP contribution in [0.25, 0.3) is 23.1 Å². The molecule has 1 unspecified atom stereocenters. The maximum absolute atomic E-state index is 10.6. The first kappa shape index (κ1) is 15.4. The Morgan fingerprint density at radius 2 is 1.36 bits per heavy atom.